The molecule has 1 heterocycles. The molecule has 1 amide bonds. The zero-order valence-corrected chi connectivity index (χ0v) is 10.7. The number of rotatable bonds is 3. The van der Waals surface area contributed by atoms with Crippen molar-refractivity contribution in [2.75, 3.05) is 5.32 Å². The van der Waals surface area contributed by atoms with Gasteiger partial charge >= 0.3 is 0 Å². The molecule has 18 heavy (non-hydrogen) atoms. The van der Waals surface area contributed by atoms with Crippen molar-refractivity contribution in [2.45, 2.75) is 6.92 Å². The summed E-state index contributed by atoms with van der Waals surface area (Å²) in [6, 6.07) is 11.1. The van der Waals surface area contributed by atoms with Gasteiger partial charge in [0.2, 0.25) is 0 Å². The minimum Gasteiger partial charge on any atom is -0.365 e. The van der Waals surface area contributed by atoms with Crippen LogP contribution in [0.3, 0.4) is 0 Å². The number of nitrogens with one attached hydrogen (secondary N) is 1. The van der Waals surface area contributed by atoms with Crippen LogP contribution in [0.5, 0.6) is 0 Å². The SMILES string of the molecule is Cc1cccc(Nc2ncccc2C(N)=O)c1.Cl. The van der Waals surface area contributed by atoms with Gasteiger partial charge in [-0.25, -0.2) is 4.98 Å². The second-order valence-corrected chi connectivity index (χ2v) is 3.76. The fourth-order valence-electron chi connectivity index (χ4n) is 1.56. The van der Waals surface area contributed by atoms with E-state index in [0.717, 1.165) is 11.3 Å². The largest absolute Gasteiger partial charge is 0.365 e. The van der Waals surface area contributed by atoms with Crippen molar-refractivity contribution >= 4 is 29.8 Å². The fourth-order valence-corrected chi connectivity index (χ4v) is 1.56. The molecule has 0 aliphatic rings. The molecule has 0 bridgehead atoms. The number of amides is 1. The Balaban J connectivity index is 0.00000162. The Bertz CT molecular complexity index is 557. The number of benzene rings is 1. The summed E-state index contributed by atoms with van der Waals surface area (Å²) in [6.45, 7) is 2.00. The highest BCUT2D eigenvalue weighted by Gasteiger charge is 2.08. The summed E-state index contributed by atoms with van der Waals surface area (Å²) in [5.41, 5.74) is 7.67. The highest BCUT2D eigenvalue weighted by atomic mass is 35.5. The van der Waals surface area contributed by atoms with Crippen molar-refractivity contribution in [3.8, 4) is 0 Å². The Morgan fingerprint density at radius 3 is 2.72 bits per heavy atom. The summed E-state index contributed by atoms with van der Waals surface area (Å²) in [5.74, 6) is -0.0150. The first kappa shape index (κ1) is 14.0. The summed E-state index contributed by atoms with van der Waals surface area (Å²) >= 11 is 0. The molecule has 1 aromatic carbocycles. The van der Waals surface area contributed by atoms with E-state index in [1.807, 2.05) is 31.2 Å². The van der Waals surface area contributed by atoms with Gasteiger partial charge in [0, 0.05) is 11.9 Å². The van der Waals surface area contributed by atoms with Crippen LogP contribution in [0.25, 0.3) is 0 Å². The Morgan fingerprint density at radius 2 is 2.06 bits per heavy atom. The van der Waals surface area contributed by atoms with Crippen LogP contribution in [-0.2, 0) is 0 Å². The average Bonchev–Trinajstić information content (AvgIpc) is 2.29. The Hall–Kier alpha value is -2.07. The topological polar surface area (TPSA) is 68.0 Å². The molecule has 2 rings (SSSR count). The second-order valence-electron chi connectivity index (χ2n) is 3.76. The second kappa shape index (κ2) is 6.02. The lowest BCUT2D eigenvalue weighted by molar-refractivity contribution is 0.100. The zero-order chi connectivity index (χ0) is 12.3. The van der Waals surface area contributed by atoms with Crippen LogP contribution in [-0.4, -0.2) is 10.9 Å². The molecule has 2 aromatic rings. The van der Waals surface area contributed by atoms with E-state index >= 15 is 0 Å². The van der Waals surface area contributed by atoms with Crippen molar-refractivity contribution in [2.24, 2.45) is 5.73 Å². The quantitative estimate of drug-likeness (QED) is 0.895. The minimum absolute atomic E-state index is 0. The molecular weight excluding hydrogens is 250 g/mol. The third kappa shape index (κ3) is 3.21. The van der Waals surface area contributed by atoms with E-state index in [2.05, 4.69) is 10.3 Å². The molecule has 0 unspecified atom stereocenters. The van der Waals surface area contributed by atoms with Crippen LogP contribution in [0, 0.1) is 6.92 Å². The summed E-state index contributed by atoms with van der Waals surface area (Å²) in [5, 5.41) is 3.08. The molecule has 0 aliphatic heterocycles. The van der Waals surface area contributed by atoms with Crippen molar-refractivity contribution < 1.29 is 4.79 Å². The maximum atomic E-state index is 11.2. The number of carbonyl (C=O) groups is 1. The Labute approximate surface area is 112 Å². The highest BCUT2D eigenvalue weighted by Crippen LogP contribution is 2.18. The first-order chi connectivity index (χ1) is 8.16. The summed E-state index contributed by atoms with van der Waals surface area (Å²) in [4.78, 5) is 15.3. The standard InChI is InChI=1S/C13H13N3O.ClH/c1-9-4-2-5-10(8-9)16-13-11(12(14)17)6-3-7-15-13;/h2-8H,1H3,(H2,14,17)(H,15,16);1H. The molecule has 5 heteroatoms. The Morgan fingerprint density at radius 1 is 1.28 bits per heavy atom. The first-order valence-corrected chi connectivity index (χ1v) is 5.25. The summed E-state index contributed by atoms with van der Waals surface area (Å²) in [7, 11) is 0. The third-order valence-corrected chi connectivity index (χ3v) is 2.35. The number of carbonyl (C=O) groups excluding carboxylic acids is 1. The maximum absolute atomic E-state index is 11.2. The van der Waals surface area contributed by atoms with Gasteiger partial charge < -0.3 is 11.1 Å². The molecule has 0 aliphatic carbocycles. The van der Waals surface area contributed by atoms with E-state index in [4.69, 9.17) is 5.73 Å². The minimum atomic E-state index is -0.492. The lowest BCUT2D eigenvalue weighted by Gasteiger charge is -2.08. The molecule has 0 fully saturated rings. The molecule has 0 saturated carbocycles. The average molecular weight is 264 g/mol. The summed E-state index contributed by atoms with van der Waals surface area (Å²) in [6.07, 6.45) is 1.62. The van der Waals surface area contributed by atoms with Gasteiger partial charge in [0.25, 0.3) is 5.91 Å². The monoisotopic (exact) mass is 263 g/mol. The van der Waals surface area contributed by atoms with Gasteiger partial charge in [0.15, 0.2) is 0 Å². The van der Waals surface area contributed by atoms with Crippen molar-refractivity contribution in [3.63, 3.8) is 0 Å². The molecule has 4 nitrogen and oxygen atoms in total. The van der Waals surface area contributed by atoms with E-state index in [9.17, 15) is 4.79 Å². The number of hydrogen-bond donors (Lipinski definition) is 2. The van der Waals surface area contributed by atoms with E-state index in [1.165, 1.54) is 0 Å². The number of aryl methyl sites for hydroxylation is 1. The van der Waals surface area contributed by atoms with E-state index in [-0.39, 0.29) is 12.4 Å². The molecule has 0 saturated heterocycles. The van der Waals surface area contributed by atoms with E-state index < -0.39 is 5.91 Å². The van der Waals surface area contributed by atoms with Crippen molar-refractivity contribution in [1.29, 1.82) is 0 Å². The number of anilines is 2. The van der Waals surface area contributed by atoms with Crippen molar-refractivity contribution in [3.05, 3.63) is 53.7 Å². The lowest BCUT2D eigenvalue weighted by Crippen LogP contribution is -2.14. The number of nitrogens with zero attached hydrogens (tertiary/aromatic N) is 1. The van der Waals surface area contributed by atoms with Gasteiger partial charge in [-0.05, 0) is 36.8 Å². The van der Waals surface area contributed by atoms with E-state index in [1.54, 1.807) is 18.3 Å². The number of halogens is 1. The molecule has 0 spiro atoms. The molecule has 3 N–H and O–H groups in total. The molecule has 94 valence electrons. The lowest BCUT2D eigenvalue weighted by atomic mass is 10.2. The van der Waals surface area contributed by atoms with Gasteiger partial charge in [-0.2, -0.15) is 0 Å². The van der Waals surface area contributed by atoms with Crippen LogP contribution in [0.15, 0.2) is 42.6 Å². The highest BCUT2D eigenvalue weighted by molar-refractivity contribution is 5.98. The number of nitrogens with two attached hydrogens (primary N) is 1. The number of hydrogen-bond acceptors (Lipinski definition) is 3. The van der Waals surface area contributed by atoms with Gasteiger partial charge in [0.05, 0.1) is 5.56 Å². The fraction of sp³-hybridized carbons (Fsp3) is 0.0769. The van der Waals surface area contributed by atoms with Crippen LogP contribution in [0.2, 0.25) is 0 Å². The molecule has 0 atom stereocenters. The Kier molecular flexibility index (Phi) is 4.68. The van der Waals surface area contributed by atoms with Gasteiger partial charge in [0.1, 0.15) is 5.82 Å². The number of pyridine rings is 1. The predicted octanol–water partition coefficient (Wildman–Crippen LogP) is 2.65. The van der Waals surface area contributed by atoms with Crippen LogP contribution >= 0.6 is 12.4 Å². The van der Waals surface area contributed by atoms with Crippen LogP contribution < -0.4 is 11.1 Å². The maximum Gasteiger partial charge on any atom is 0.252 e. The van der Waals surface area contributed by atoms with Gasteiger partial charge in [-0.15, -0.1) is 12.4 Å². The van der Waals surface area contributed by atoms with Crippen molar-refractivity contribution in [1.82, 2.24) is 4.98 Å². The van der Waals surface area contributed by atoms with Gasteiger partial charge in [-0.3, -0.25) is 4.79 Å². The van der Waals surface area contributed by atoms with Crippen LogP contribution in [0.1, 0.15) is 15.9 Å². The molecule has 0 radical (unpaired) electrons. The van der Waals surface area contributed by atoms with E-state index in [0.29, 0.717) is 11.4 Å². The molecular formula is C13H14ClN3O. The number of aromatic nitrogens is 1. The zero-order valence-electron chi connectivity index (χ0n) is 9.88. The first-order valence-electron chi connectivity index (χ1n) is 5.25. The normalized spacial score (nSPS) is 9.39. The van der Waals surface area contributed by atoms with Gasteiger partial charge in [-0.1, -0.05) is 12.1 Å². The smallest absolute Gasteiger partial charge is 0.252 e. The predicted molar refractivity (Wildman–Crippen MR) is 74.5 cm³/mol. The number of primary amides is 1. The van der Waals surface area contributed by atoms with Crippen LogP contribution in [0.4, 0.5) is 11.5 Å². The molecule has 1 aromatic heterocycles. The summed E-state index contributed by atoms with van der Waals surface area (Å²) < 4.78 is 0. The third-order valence-electron chi connectivity index (χ3n) is 2.35.